The van der Waals surface area contributed by atoms with E-state index in [1.165, 1.54) is 64.2 Å². The van der Waals surface area contributed by atoms with Crippen LogP contribution in [-0.2, 0) is 0 Å². The lowest BCUT2D eigenvalue weighted by molar-refractivity contribution is 0.489. The number of rotatable bonds is 5. The van der Waals surface area contributed by atoms with E-state index in [9.17, 15) is 0 Å². The highest BCUT2D eigenvalue weighted by Crippen LogP contribution is 2.29. The van der Waals surface area contributed by atoms with Crippen molar-refractivity contribution in [2.45, 2.75) is 71.1 Å². The van der Waals surface area contributed by atoms with Gasteiger partial charge in [-0.3, -0.25) is 0 Å². The highest BCUT2D eigenvalue weighted by atomic mass is 24.3. The maximum Gasteiger partial charge on any atom is 0.316 e. The van der Waals surface area contributed by atoms with E-state index in [2.05, 4.69) is 6.92 Å². The van der Waals surface area contributed by atoms with Gasteiger partial charge in [0, 0.05) is 0 Å². The second kappa shape index (κ2) is 9.33. The van der Waals surface area contributed by atoms with E-state index in [1.807, 2.05) is 5.92 Å². The molecule has 1 aliphatic carbocycles. The lowest BCUT2D eigenvalue weighted by Crippen LogP contribution is -2.03. The third-order valence-electron chi connectivity index (χ3n) is 2.94. The topological polar surface area (TPSA) is 0 Å². The van der Waals surface area contributed by atoms with Crippen molar-refractivity contribution in [2.75, 3.05) is 0 Å². The Morgan fingerprint density at radius 3 is 2.23 bits per heavy atom. The molecule has 0 aromatic carbocycles. The molecule has 0 heterocycles. The molecule has 0 spiro atoms. The predicted molar refractivity (Wildman–Crippen MR) is 63.6 cm³/mol. The minimum absolute atomic E-state index is 0. The van der Waals surface area contributed by atoms with Crippen LogP contribution in [-0.4, -0.2) is 23.1 Å². The van der Waals surface area contributed by atoms with E-state index in [1.54, 1.807) is 0 Å². The Morgan fingerprint density at radius 2 is 1.62 bits per heavy atom. The summed E-state index contributed by atoms with van der Waals surface area (Å²) in [4.78, 5) is 0. The molecular formula is C12H25Mg. The summed E-state index contributed by atoms with van der Waals surface area (Å²) in [7, 11) is 0. The summed E-state index contributed by atoms with van der Waals surface area (Å²) in [5.41, 5.74) is 0. The third-order valence-corrected chi connectivity index (χ3v) is 2.94. The van der Waals surface area contributed by atoms with Crippen LogP contribution >= 0.6 is 0 Å². The van der Waals surface area contributed by atoms with Gasteiger partial charge >= 0.3 is 23.1 Å². The van der Waals surface area contributed by atoms with Gasteiger partial charge in [-0.25, -0.2) is 0 Å². The molecule has 0 nitrogen and oxygen atoms in total. The van der Waals surface area contributed by atoms with Crippen molar-refractivity contribution in [3.05, 3.63) is 5.92 Å². The monoisotopic (exact) mass is 193 g/mol. The van der Waals surface area contributed by atoms with Crippen molar-refractivity contribution in [3.63, 3.8) is 0 Å². The fraction of sp³-hybridized carbons (Fsp3) is 0.917. The molecule has 0 aliphatic heterocycles. The molecule has 0 unspecified atom stereocenters. The van der Waals surface area contributed by atoms with Gasteiger partial charge in [0.1, 0.15) is 0 Å². The molecule has 1 radical (unpaired) electrons. The van der Waals surface area contributed by atoms with Crippen LogP contribution < -0.4 is 0 Å². The molecule has 1 aliphatic rings. The van der Waals surface area contributed by atoms with Gasteiger partial charge in [0.15, 0.2) is 0 Å². The van der Waals surface area contributed by atoms with E-state index in [4.69, 9.17) is 0 Å². The molecule has 0 saturated heterocycles. The Kier molecular flexibility index (Phi) is 9.88. The molecule has 13 heavy (non-hydrogen) atoms. The summed E-state index contributed by atoms with van der Waals surface area (Å²) < 4.78 is 0. The second-order valence-corrected chi connectivity index (χ2v) is 4.12. The first-order valence-electron chi connectivity index (χ1n) is 5.77. The standard InChI is InChI=1S/C12H23.Mg.2H/c1-2-3-4-6-9-12-10-7-5-8-11-12;;;/h2-11H2,1H3;;;. The number of hydrogen-bond acceptors (Lipinski definition) is 0. The minimum atomic E-state index is 0. The summed E-state index contributed by atoms with van der Waals surface area (Å²) in [6.07, 6.45) is 14.5. The molecule has 1 fully saturated rings. The fourth-order valence-electron chi connectivity index (χ4n) is 2.10. The molecule has 1 heteroatoms. The number of hydrogen-bond donors (Lipinski definition) is 0. The van der Waals surface area contributed by atoms with E-state index in [0.717, 1.165) is 0 Å². The van der Waals surface area contributed by atoms with Crippen molar-refractivity contribution in [2.24, 2.45) is 0 Å². The van der Waals surface area contributed by atoms with Crippen LogP contribution in [0.5, 0.6) is 0 Å². The Hall–Kier alpha value is 0.766. The number of unbranched alkanes of at least 4 members (excludes halogenated alkanes) is 3. The van der Waals surface area contributed by atoms with Gasteiger partial charge in [-0.2, -0.15) is 0 Å². The second-order valence-electron chi connectivity index (χ2n) is 4.12. The van der Waals surface area contributed by atoms with Gasteiger partial charge in [0.05, 0.1) is 0 Å². The van der Waals surface area contributed by atoms with Crippen molar-refractivity contribution < 1.29 is 0 Å². The van der Waals surface area contributed by atoms with Gasteiger partial charge in [0.25, 0.3) is 0 Å². The maximum absolute atomic E-state index is 2.29. The Balaban J connectivity index is 0.00000144. The molecule has 0 aromatic rings. The molecular weight excluding hydrogens is 168 g/mol. The molecule has 0 N–H and O–H groups in total. The normalized spacial score (nSPS) is 18.2. The Bertz CT molecular complexity index is 95.3. The van der Waals surface area contributed by atoms with Gasteiger partial charge in [-0.05, 0) is 25.2 Å². The van der Waals surface area contributed by atoms with Crippen LogP contribution in [0.3, 0.4) is 0 Å². The highest BCUT2D eigenvalue weighted by Gasteiger charge is 2.12. The predicted octanol–water partition coefficient (Wildman–Crippen LogP) is 3.58. The molecule has 1 rings (SSSR count). The average molecular weight is 194 g/mol. The molecule has 0 atom stereocenters. The lowest BCUT2D eigenvalue weighted by atomic mass is 9.85. The van der Waals surface area contributed by atoms with E-state index < -0.39 is 0 Å². The molecule has 0 amide bonds. The summed E-state index contributed by atoms with van der Waals surface area (Å²) in [6, 6.07) is 0. The van der Waals surface area contributed by atoms with Crippen LogP contribution in [0.1, 0.15) is 71.1 Å². The van der Waals surface area contributed by atoms with Crippen LogP contribution in [0.15, 0.2) is 0 Å². The Morgan fingerprint density at radius 1 is 0.923 bits per heavy atom. The quantitative estimate of drug-likeness (QED) is 0.463. The van der Waals surface area contributed by atoms with Crippen molar-refractivity contribution in [1.82, 2.24) is 0 Å². The first-order chi connectivity index (χ1) is 5.93. The van der Waals surface area contributed by atoms with Crippen molar-refractivity contribution in [3.8, 4) is 0 Å². The largest absolute Gasteiger partial charge is 0.316 e. The zero-order valence-electron chi connectivity index (χ0n) is 8.57. The van der Waals surface area contributed by atoms with E-state index in [0.29, 0.717) is 0 Å². The van der Waals surface area contributed by atoms with Crippen LogP contribution in [0.25, 0.3) is 0 Å². The summed E-state index contributed by atoms with van der Waals surface area (Å²) in [5.74, 6) is 1.87. The molecule has 75 valence electrons. The zero-order valence-corrected chi connectivity index (χ0v) is 8.57. The zero-order chi connectivity index (χ0) is 8.65. The van der Waals surface area contributed by atoms with Gasteiger partial charge in [-0.15, -0.1) is 0 Å². The summed E-state index contributed by atoms with van der Waals surface area (Å²) in [6.45, 7) is 2.29. The van der Waals surface area contributed by atoms with E-state index in [-0.39, 0.29) is 23.1 Å². The average Bonchev–Trinajstić information content (AvgIpc) is 2.14. The van der Waals surface area contributed by atoms with Crippen LogP contribution in [0, 0.1) is 5.92 Å². The smallest absolute Gasteiger partial charge is 0.0654 e. The first kappa shape index (κ1) is 13.8. The Labute approximate surface area is 100 Å². The lowest BCUT2D eigenvalue weighted by Gasteiger charge is -2.20. The van der Waals surface area contributed by atoms with Crippen LogP contribution in [0.4, 0.5) is 0 Å². The van der Waals surface area contributed by atoms with Crippen LogP contribution in [0.2, 0.25) is 0 Å². The molecule has 1 saturated carbocycles. The van der Waals surface area contributed by atoms with Gasteiger partial charge < -0.3 is 0 Å². The third kappa shape index (κ3) is 6.79. The maximum atomic E-state index is 2.29. The van der Waals surface area contributed by atoms with Crippen molar-refractivity contribution in [1.29, 1.82) is 0 Å². The molecule has 0 aromatic heterocycles. The van der Waals surface area contributed by atoms with Gasteiger partial charge in [0.2, 0.25) is 0 Å². The first-order valence-corrected chi connectivity index (χ1v) is 5.77. The SMILES string of the molecule is CCCCCC[C]1CCCCC1.[MgH2]. The van der Waals surface area contributed by atoms with E-state index >= 15 is 0 Å². The minimum Gasteiger partial charge on any atom is -0.0654 e. The molecule has 0 bridgehead atoms. The summed E-state index contributed by atoms with van der Waals surface area (Å²) in [5, 5.41) is 0. The summed E-state index contributed by atoms with van der Waals surface area (Å²) >= 11 is 0. The van der Waals surface area contributed by atoms with Gasteiger partial charge in [-0.1, -0.05) is 51.9 Å². The highest BCUT2D eigenvalue weighted by molar-refractivity contribution is 5.75. The van der Waals surface area contributed by atoms with Crippen molar-refractivity contribution >= 4 is 23.1 Å². The fourth-order valence-corrected chi connectivity index (χ4v) is 2.10.